The Morgan fingerprint density at radius 2 is 2.11 bits per heavy atom. The Hall–Kier alpha value is -1.39. The topological polar surface area (TPSA) is 64.3 Å². The van der Waals surface area contributed by atoms with Crippen LogP contribution in [0.3, 0.4) is 0 Å². The van der Waals surface area contributed by atoms with Gasteiger partial charge in [-0.05, 0) is 30.4 Å². The zero-order valence-corrected chi connectivity index (χ0v) is 11.2. The van der Waals surface area contributed by atoms with Crippen molar-refractivity contribution >= 4 is 5.91 Å². The maximum atomic E-state index is 12.0. The summed E-state index contributed by atoms with van der Waals surface area (Å²) in [7, 11) is 0. The summed E-state index contributed by atoms with van der Waals surface area (Å²) in [5.74, 6) is 0.246. The van der Waals surface area contributed by atoms with Crippen molar-refractivity contribution in [3.8, 4) is 0 Å². The number of amides is 1. The monoisotopic (exact) mass is 262 g/mol. The fraction of sp³-hybridized carbons (Fsp3) is 0.533. The zero-order valence-electron chi connectivity index (χ0n) is 11.2. The van der Waals surface area contributed by atoms with E-state index in [0.717, 1.165) is 19.3 Å². The lowest BCUT2D eigenvalue weighted by molar-refractivity contribution is -0.125. The lowest BCUT2D eigenvalue weighted by atomic mass is 9.83. The fourth-order valence-corrected chi connectivity index (χ4v) is 2.50. The van der Waals surface area contributed by atoms with Gasteiger partial charge < -0.3 is 15.8 Å². The molecule has 4 nitrogen and oxygen atoms in total. The van der Waals surface area contributed by atoms with E-state index < -0.39 is 0 Å². The molecule has 1 aliphatic rings. The average molecular weight is 262 g/mol. The number of hydrogen-bond donors (Lipinski definition) is 2. The van der Waals surface area contributed by atoms with E-state index in [-0.39, 0.29) is 11.8 Å². The van der Waals surface area contributed by atoms with Crippen molar-refractivity contribution in [3.63, 3.8) is 0 Å². The van der Waals surface area contributed by atoms with Crippen molar-refractivity contribution in [1.82, 2.24) is 5.32 Å². The second-order valence-electron chi connectivity index (χ2n) is 4.90. The summed E-state index contributed by atoms with van der Waals surface area (Å²) in [6, 6.07) is 8.39. The SMILES string of the molecule is NCCOCCNC(=O)C1CCc2ccccc2C1. The van der Waals surface area contributed by atoms with Gasteiger partial charge in [0.2, 0.25) is 5.91 Å². The molecule has 0 saturated carbocycles. The summed E-state index contributed by atoms with van der Waals surface area (Å²) in [5.41, 5.74) is 8.02. The number of nitrogens with two attached hydrogens (primary N) is 1. The molecule has 0 bridgehead atoms. The van der Waals surface area contributed by atoms with Crippen LogP contribution in [0.1, 0.15) is 17.5 Å². The van der Waals surface area contributed by atoms with Gasteiger partial charge in [0.25, 0.3) is 0 Å². The average Bonchev–Trinajstić information content (AvgIpc) is 2.46. The van der Waals surface area contributed by atoms with Crippen LogP contribution in [0.5, 0.6) is 0 Å². The first-order chi connectivity index (χ1) is 9.31. The van der Waals surface area contributed by atoms with Crippen molar-refractivity contribution < 1.29 is 9.53 Å². The van der Waals surface area contributed by atoms with Gasteiger partial charge in [-0.1, -0.05) is 24.3 Å². The Morgan fingerprint density at radius 3 is 2.89 bits per heavy atom. The number of fused-ring (bicyclic) bond motifs is 1. The van der Waals surface area contributed by atoms with E-state index in [9.17, 15) is 4.79 Å². The third kappa shape index (κ3) is 4.04. The fourth-order valence-electron chi connectivity index (χ4n) is 2.50. The molecule has 0 aromatic heterocycles. The van der Waals surface area contributed by atoms with E-state index in [0.29, 0.717) is 26.3 Å². The van der Waals surface area contributed by atoms with Crippen molar-refractivity contribution in [2.45, 2.75) is 19.3 Å². The molecule has 2 rings (SSSR count). The van der Waals surface area contributed by atoms with Crippen LogP contribution < -0.4 is 11.1 Å². The van der Waals surface area contributed by atoms with Crippen molar-refractivity contribution in [2.75, 3.05) is 26.3 Å². The number of carbonyl (C=O) groups is 1. The van der Waals surface area contributed by atoms with Crippen LogP contribution in [0.4, 0.5) is 0 Å². The number of rotatable bonds is 6. The highest BCUT2D eigenvalue weighted by molar-refractivity contribution is 5.79. The van der Waals surface area contributed by atoms with Gasteiger partial charge >= 0.3 is 0 Å². The molecule has 0 fully saturated rings. The summed E-state index contributed by atoms with van der Waals surface area (Å²) in [6.45, 7) is 2.17. The maximum absolute atomic E-state index is 12.0. The molecule has 3 N–H and O–H groups in total. The van der Waals surface area contributed by atoms with Gasteiger partial charge in [-0.25, -0.2) is 0 Å². The van der Waals surface area contributed by atoms with E-state index >= 15 is 0 Å². The van der Waals surface area contributed by atoms with Crippen LogP contribution in [0.15, 0.2) is 24.3 Å². The molecule has 0 aliphatic heterocycles. The minimum atomic E-state index is 0.101. The second-order valence-corrected chi connectivity index (χ2v) is 4.90. The quantitative estimate of drug-likeness (QED) is 0.748. The molecule has 0 spiro atoms. The van der Waals surface area contributed by atoms with Gasteiger partial charge in [-0.2, -0.15) is 0 Å². The molecule has 1 atom stereocenters. The van der Waals surface area contributed by atoms with E-state index in [1.807, 2.05) is 6.07 Å². The molecule has 1 aromatic rings. The number of benzene rings is 1. The minimum Gasteiger partial charge on any atom is -0.378 e. The molecule has 1 aromatic carbocycles. The smallest absolute Gasteiger partial charge is 0.223 e. The summed E-state index contributed by atoms with van der Waals surface area (Å²) >= 11 is 0. The van der Waals surface area contributed by atoms with E-state index in [1.54, 1.807) is 0 Å². The molecule has 1 aliphatic carbocycles. The molecule has 19 heavy (non-hydrogen) atoms. The highest BCUT2D eigenvalue weighted by atomic mass is 16.5. The van der Waals surface area contributed by atoms with Crippen LogP contribution in [-0.4, -0.2) is 32.2 Å². The summed E-state index contributed by atoms with van der Waals surface area (Å²) in [6.07, 6.45) is 2.79. The largest absolute Gasteiger partial charge is 0.378 e. The van der Waals surface area contributed by atoms with Gasteiger partial charge in [-0.15, -0.1) is 0 Å². The molecule has 0 heterocycles. The molecule has 0 saturated heterocycles. The third-order valence-electron chi connectivity index (χ3n) is 3.53. The van der Waals surface area contributed by atoms with Gasteiger partial charge in [0, 0.05) is 19.0 Å². The first-order valence-electron chi connectivity index (χ1n) is 6.93. The second kappa shape index (κ2) is 7.26. The molecular weight excluding hydrogens is 240 g/mol. The first-order valence-corrected chi connectivity index (χ1v) is 6.93. The Bertz CT molecular complexity index is 420. The van der Waals surface area contributed by atoms with Crippen LogP contribution in [0.25, 0.3) is 0 Å². The lowest BCUT2D eigenvalue weighted by Gasteiger charge is -2.23. The molecule has 104 valence electrons. The number of ether oxygens (including phenoxy) is 1. The zero-order chi connectivity index (χ0) is 13.5. The van der Waals surface area contributed by atoms with E-state index in [4.69, 9.17) is 10.5 Å². The molecular formula is C15H22N2O2. The number of nitrogens with one attached hydrogen (secondary N) is 1. The highest BCUT2D eigenvalue weighted by Gasteiger charge is 2.23. The van der Waals surface area contributed by atoms with Crippen molar-refractivity contribution in [2.24, 2.45) is 11.7 Å². The molecule has 1 amide bonds. The van der Waals surface area contributed by atoms with Crippen LogP contribution >= 0.6 is 0 Å². The highest BCUT2D eigenvalue weighted by Crippen LogP contribution is 2.25. The minimum absolute atomic E-state index is 0.101. The van der Waals surface area contributed by atoms with Crippen LogP contribution in [0.2, 0.25) is 0 Å². The summed E-state index contributed by atoms with van der Waals surface area (Å²) in [5, 5.41) is 2.94. The van der Waals surface area contributed by atoms with E-state index in [1.165, 1.54) is 11.1 Å². The predicted octanol–water partition coefficient (Wildman–Crippen LogP) is 0.883. The summed E-state index contributed by atoms with van der Waals surface area (Å²) in [4.78, 5) is 12.0. The number of hydrogen-bond acceptors (Lipinski definition) is 3. The number of carbonyl (C=O) groups excluding carboxylic acids is 1. The number of aryl methyl sites for hydroxylation is 1. The standard InChI is InChI=1S/C15H22N2O2/c16-7-9-19-10-8-17-15(18)14-6-5-12-3-1-2-4-13(12)11-14/h1-4,14H,5-11,16H2,(H,17,18). The van der Waals surface area contributed by atoms with Crippen LogP contribution in [0, 0.1) is 5.92 Å². The third-order valence-corrected chi connectivity index (χ3v) is 3.53. The Labute approximate surface area is 114 Å². The van der Waals surface area contributed by atoms with Gasteiger partial charge in [0.1, 0.15) is 0 Å². The van der Waals surface area contributed by atoms with Gasteiger partial charge in [0.05, 0.1) is 13.2 Å². The van der Waals surface area contributed by atoms with Gasteiger partial charge in [-0.3, -0.25) is 4.79 Å². The molecule has 1 unspecified atom stereocenters. The Kier molecular flexibility index (Phi) is 5.36. The Balaban J connectivity index is 1.76. The normalized spacial score (nSPS) is 17.8. The maximum Gasteiger partial charge on any atom is 0.223 e. The van der Waals surface area contributed by atoms with Crippen molar-refractivity contribution in [3.05, 3.63) is 35.4 Å². The van der Waals surface area contributed by atoms with Gasteiger partial charge in [0.15, 0.2) is 0 Å². The first kappa shape index (κ1) is 14.0. The molecule has 0 radical (unpaired) electrons. The molecule has 4 heteroatoms. The van der Waals surface area contributed by atoms with E-state index in [2.05, 4.69) is 23.5 Å². The summed E-state index contributed by atoms with van der Waals surface area (Å²) < 4.78 is 5.24. The Morgan fingerprint density at radius 1 is 1.32 bits per heavy atom. The van der Waals surface area contributed by atoms with Crippen molar-refractivity contribution in [1.29, 1.82) is 0 Å². The predicted molar refractivity (Wildman–Crippen MR) is 74.8 cm³/mol. The van der Waals surface area contributed by atoms with Crippen LogP contribution in [-0.2, 0) is 22.4 Å². The lowest BCUT2D eigenvalue weighted by Crippen LogP contribution is -2.36.